The molecule has 1 heterocycles. The number of nitrogens with zero attached hydrogens (tertiary/aromatic N) is 2. The van der Waals surface area contributed by atoms with E-state index in [4.69, 9.17) is 4.74 Å². The van der Waals surface area contributed by atoms with E-state index in [2.05, 4.69) is 9.97 Å². The largest absolute Gasteiger partial charge is 0.466 e. The Hall–Kier alpha value is -1.10. The zero-order valence-electron chi connectivity index (χ0n) is 8.84. The van der Waals surface area contributed by atoms with E-state index in [1.807, 2.05) is 13.0 Å². The molecule has 0 N–H and O–H groups in total. The van der Waals surface area contributed by atoms with Gasteiger partial charge in [-0.3, -0.25) is 4.79 Å². The average molecular weight is 226 g/mol. The minimum absolute atomic E-state index is 0.161. The molecule has 0 aromatic carbocycles. The Kier molecular flexibility index (Phi) is 5.10. The predicted molar refractivity (Wildman–Crippen MR) is 58.6 cm³/mol. The lowest BCUT2D eigenvalue weighted by atomic mass is 10.3. The Balaban J connectivity index is 2.36. The zero-order valence-corrected chi connectivity index (χ0v) is 9.66. The minimum Gasteiger partial charge on any atom is -0.466 e. The molecular formula is C10H14N2O2S. The number of carbonyl (C=O) groups excluding carboxylic acids is 1. The van der Waals surface area contributed by atoms with Gasteiger partial charge in [0.1, 0.15) is 6.33 Å². The second-order valence-corrected chi connectivity index (χ2v) is 4.44. The first-order valence-corrected chi connectivity index (χ1v) is 5.68. The highest BCUT2D eigenvalue weighted by atomic mass is 32.2. The molecule has 0 amide bonds. The second-order valence-electron chi connectivity index (χ2n) is 2.99. The number of carbonyl (C=O) groups is 1. The maximum Gasteiger partial charge on any atom is 0.306 e. The van der Waals surface area contributed by atoms with Gasteiger partial charge in [-0.05, 0) is 13.0 Å². The van der Waals surface area contributed by atoms with Gasteiger partial charge in [0.2, 0.25) is 0 Å². The summed E-state index contributed by atoms with van der Waals surface area (Å²) in [4.78, 5) is 19.1. The Morgan fingerprint density at radius 2 is 2.47 bits per heavy atom. The molecule has 15 heavy (non-hydrogen) atoms. The van der Waals surface area contributed by atoms with Crippen molar-refractivity contribution in [3.05, 3.63) is 18.6 Å². The molecule has 0 fully saturated rings. The van der Waals surface area contributed by atoms with Crippen LogP contribution in [0.4, 0.5) is 0 Å². The standard InChI is InChI=1S/C10H14N2O2S/c1-3-14-10(13)6-8(2)15-9-4-5-11-7-12-9/h4-5,7-8H,3,6H2,1-2H3. The number of aromatic nitrogens is 2. The van der Waals surface area contributed by atoms with Crippen LogP contribution in [0.2, 0.25) is 0 Å². The van der Waals surface area contributed by atoms with Gasteiger partial charge >= 0.3 is 5.97 Å². The summed E-state index contributed by atoms with van der Waals surface area (Å²) in [7, 11) is 0. The maximum absolute atomic E-state index is 11.2. The van der Waals surface area contributed by atoms with E-state index in [1.165, 1.54) is 6.33 Å². The van der Waals surface area contributed by atoms with E-state index in [9.17, 15) is 4.79 Å². The molecule has 5 heteroatoms. The first-order valence-electron chi connectivity index (χ1n) is 4.80. The van der Waals surface area contributed by atoms with Crippen LogP contribution in [-0.2, 0) is 9.53 Å². The Morgan fingerprint density at radius 1 is 1.67 bits per heavy atom. The summed E-state index contributed by atoms with van der Waals surface area (Å²) in [5.74, 6) is -0.161. The number of hydrogen-bond donors (Lipinski definition) is 0. The predicted octanol–water partition coefficient (Wildman–Crippen LogP) is 1.91. The number of hydrogen-bond acceptors (Lipinski definition) is 5. The van der Waals surface area contributed by atoms with Crippen molar-refractivity contribution >= 4 is 17.7 Å². The number of thioether (sulfide) groups is 1. The number of esters is 1. The molecule has 1 atom stereocenters. The molecule has 1 aromatic rings. The van der Waals surface area contributed by atoms with Gasteiger partial charge in [0.15, 0.2) is 0 Å². The van der Waals surface area contributed by atoms with Crippen LogP contribution in [0.3, 0.4) is 0 Å². The van der Waals surface area contributed by atoms with Gasteiger partial charge in [-0.1, -0.05) is 6.92 Å². The fourth-order valence-electron chi connectivity index (χ4n) is 1.05. The fourth-order valence-corrected chi connectivity index (χ4v) is 1.93. The van der Waals surface area contributed by atoms with Crippen molar-refractivity contribution in [3.8, 4) is 0 Å². The minimum atomic E-state index is -0.161. The molecule has 0 bridgehead atoms. The highest BCUT2D eigenvalue weighted by Crippen LogP contribution is 2.22. The van der Waals surface area contributed by atoms with E-state index >= 15 is 0 Å². The van der Waals surface area contributed by atoms with Crippen LogP contribution in [0, 0.1) is 0 Å². The van der Waals surface area contributed by atoms with Crippen molar-refractivity contribution in [3.63, 3.8) is 0 Å². The quantitative estimate of drug-likeness (QED) is 0.436. The average Bonchev–Trinajstić information content (AvgIpc) is 2.19. The summed E-state index contributed by atoms with van der Waals surface area (Å²) in [5, 5.41) is 1.04. The van der Waals surface area contributed by atoms with Crippen LogP contribution in [0.15, 0.2) is 23.6 Å². The fraction of sp³-hybridized carbons (Fsp3) is 0.500. The summed E-state index contributed by atoms with van der Waals surface area (Å²) in [5.41, 5.74) is 0. The van der Waals surface area contributed by atoms with Gasteiger partial charge < -0.3 is 4.74 Å². The second kappa shape index (κ2) is 6.40. The third-order valence-corrected chi connectivity index (χ3v) is 2.69. The highest BCUT2D eigenvalue weighted by molar-refractivity contribution is 7.99. The normalized spacial score (nSPS) is 12.1. The van der Waals surface area contributed by atoms with Crippen molar-refractivity contribution in [1.82, 2.24) is 9.97 Å². The Labute approximate surface area is 93.5 Å². The molecule has 0 aliphatic heterocycles. The Morgan fingerprint density at radius 3 is 3.07 bits per heavy atom. The molecule has 1 rings (SSSR count). The van der Waals surface area contributed by atoms with Crippen molar-refractivity contribution in [1.29, 1.82) is 0 Å². The smallest absolute Gasteiger partial charge is 0.306 e. The van der Waals surface area contributed by atoms with Crippen molar-refractivity contribution in [2.24, 2.45) is 0 Å². The first kappa shape index (κ1) is 12.0. The van der Waals surface area contributed by atoms with Crippen LogP contribution in [0.1, 0.15) is 20.3 Å². The molecule has 4 nitrogen and oxygen atoms in total. The van der Waals surface area contributed by atoms with Crippen molar-refractivity contribution in [2.45, 2.75) is 30.5 Å². The van der Waals surface area contributed by atoms with E-state index in [0.29, 0.717) is 13.0 Å². The number of rotatable bonds is 5. The van der Waals surface area contributed by atoms with E-state index < -0.39 is 0 Å². The van der Waals surface area contributed by atoms with Crippen LogP contribution < -0.4 is 0 Å². The molecule has 0 saturated carbocycles. The summed E-state index contributed by atoms with van der Waals surface area (Å²) in [6, 6.07) is 1.83. The van der Waals surface area contributed by atoms with Crippen LogP contribution >= 0.6 is 11.8 Å². The van der Waals surface area contributed by atoms with E-state index in [-0.39, 0.29) is 11.2 Å². The lowest BCUT2D eigenvalue weighted by Gasteiger charge is -2.08. The number of ether oxygens (including phenoxy) is 1. The summed E-state index contributed by atoms with van der Waals surface area (Å²) in [6.45, 7) is 4.22. The highest BCUT2D eigenvalue weighted by Gasteiger charge is 2.11. The topological polar surface area (TPSA) is 52.1 Å². The third-order valence-electron chi connectivity index (χ3n) is 1.64. The van der Waals surface area contributed by atoms with Gasteiger partial charge in [0, 0.05) is 11.4 Å². The molecule has 0 radical (unpaired) electrons. The maximum atomic E-state index is 11.2. The molecule has 1 aromatic heterocycles. The van der Waals surface area contributed by atoms with Crippen LogP contribution in [0.5, 0.6) is 0 Å². The molecule has 0 aliphatic carbocycles. The summed E-state index contributed by atoms with van der Waals surface area (Å²) < 4.78 is 4.87. The lowest BCUT2D eigenvalue weighted by Crippen LogP contribution is -2.10. The van der Waals surface area contributed by atoms with Gasteiger partial charge in [-0.15, -0.1) is 11.8 Å². The van der Waals surface area contributed by atoms with Gasteiger partial charge in [0.05, 0.1) is 18.1 Å². The molecular weight excluding hydrogens is 212 g/mol. The summed E-state index contributed by atoms with van der Waals surface area (Å²) in [6.07, 6.45) is 3.59. The molecule has 1 unspecified atom stereocenters. The van der Waals surface area contributed by atoms with Crippen molar-refractivity contribution in [2.75, 3.05) is 6.61 Å². The van der Waals surface area contributed by atoms with E-state index in [1.54, 1.807) is 24.9 Å². The first-order chi connectivity index (χ1) is 7.22. The molecule has 0 spiro atoms. The molecule has 0 saturated heterocycles. The van der Waals surface area contributed by atoms with Crippen molar-refractivity contribution < 1.29 is 9.53 Å². The zero-order chi connectivity index (χ0) is 11.1. The Bertz CT molecular complexity index is 306. The summed E-state index contributed by atoms with van der Waals surface area (Å²) >= 11 is 1.55. The van der Waals surface area contributed by atoms with Gasteiger partial charge in [-0.25, -0.2) is 9.97 Å². The van der Waals surface area contributed by atoms with Crippen LogP contribution in [-0.4, -0.2) is 27.8 Å². The van der Waals surface area contributed by atoms with E-state index in [0.717, 1.165) is 5.03 Å². The monoisotopic (exact) mass is 226 g/mol. The van der Waals surface area contributed by atoms with Gasteiger partial charge in [0.25, 0.3) is 0 Å². The third kappa shape index (κ3) is 4.78. The molecule has 0 aliphatic rings. The molecule has 82 valence electrons. The van der Waals surface area contributed by atoms with Gasteiger partial charge in [-0.2, -0.15) is 0 Å². The van der Waals surface area contributed by atoms with Crippen LogP contribution in [0.25, 0.3) is 0 Å². The lowest BCUT2D eigenvalue weighted by molar-refractivity contribution is -0.142. The SMILES string of the molecule is CCOC(=O)CC(C)Sc1ccncn1.